The lowest BCUT2D eigenvalue weighted by atomic mass is 10.0. The maximum absolute atomic E-state index is 13.6. The fraction of sp³-hybridized carbons (Fsp3) is 0.0714. The van der Waals surface area contributed by atoms with Crippen LogP contribution in [0.5, 0.6) is 5.75 Å². The third-order valence-electron chi connectivity index (χ3n) is 5.67. The fourth-order valence-electron chi connectivity index (χ4n) is 4.09. The Labute approximate surface area is 202 Å². The summed E-state index contributed by atoms with van der Waals surface area (Å²) in [5.74, 6) is -0.134. The molecule has 0 spiro atoms. The van der Waals surface area contributed by atoms with Gasteiger partial charge in [0.1, 0.15) is 11.4 Å². The molecule has 168 valence electrons. The summed E-state index contributed by atoms with van der Waals surface area (Å²) in [5, 5.41) is 5.78. The highest BCUT2D eigenvalue weighted by molar-refractivity contribution is 6.46. The van der Waals surface area contributed by atoms with Gasteiger partial charge in [0.15, 0.2) is 0 Å². The summed E-state index contributed by atoms with van der Waals surface area (Å²) in [6, 6.07) is 27.5. The van der Waals surface area contributed by atoms with Crippen LogP contribution in [0.1, 0.15) is 12.5 Å². The number of hydrogen-bond acceptors (Lipinski definition) is 4. The monoisotopic (exact) mass is 468 g/mol. The Hall–Kier alpha value is -4.09. The molecule has 5 nitrogen and oxygen atoms in total. The minimum absolute atomic E-state index is 0.223. The number of carbonyl (C=O) groups excluding carboxylic acids is 2. The van der Waals surface area contributed by atoms with Gasteiger partial charge in [-0.25, -0.2) is 4.90 Å². The summed E-state index contributed by atoms with van der Waals surface area (Å²) >= 11 is 6.02. The smallest absolute Gasteiger partial charge is 0.282 e. The number of ether oxygens (including phenoxy) is 1. The molecule has 4 aromatic carbocycles. The Bertz CT molecular complexity index is 1420. The van der Waals surface area contributed by atoms with E-state index in [0.29, 0.717) is 34.2 Å². The average Bonchev–Trinajstić information content (AvgIpc) is 3.10. The first-order chi connectivity index (χ1) is 16.6. The molecule has 0 radical (unpaired) electrons. The summed E-state index contributed by atoms with van der Waals surface area (Å²) < 4.78 is 5.54. The Morgan fingerprint density at radius 3 is 2.26 bits per heavy atom. The van der Waals surface area contributed by atoms with Crippen molar-refractivity contribution in [1.29, 1.82) is 0 Å². The second-order valence-electron chi connectivity index (χ2n) is 7.78. The van der Waals surface area contributed by atoms with Gasteiger partial charge in [-0.15, -0.1) is 0 Å². The lowest BCUT2D eigenvalue weighted by molar-refractivity contribution is -0.120. The minimum atomic E-state index is -0.427. The zero-order valence-corrected chi connectivity index (χ0v) is 19.2. The van der Waals surface area contributed by atoms with Gasteiger partial charge >= 0.3 is 0 Å². The van der Waals surface area contributed by atoms with Crippen molar-refractivity contribution in [1.82, 2.24) is 0 Å². The average molecular weight is 469 g/mol. The first-order valence-corrected chi connectivity index (χ1v) is 11.3. The normalized spacial score (nSPS) is 13.6. The third kappa shape index (κ3) is 3.91. The van der Waals surface area contributed by atoms with Gasteiger partial charge in [-0.05, 0) is 60.3 Å². The Kier molecular flexibility index (Phi) is 5.78. The first kappa shape index (κ1) is 21.7. The highest BCUT2D eigenvalue weighted by Crippen LogP contribution is 2.36. The van der Waals surface area contributed by atoms with E-state index in [1.165, 1.54) is 4.90 Å². The Morgan fingerprint density at radius 2 is 1.53 bits per heavy atom. The van der Waals surface area contributed by atoms with Gasteiger partial charge in [0.2, 0.25) is 0 Å². The molecule has 0 atom stereocenters. The van der Waals surface area contributed by atoms with E-state index in [9.17, 15) is 9.59 Å². The number of nitrogens with zero attached hydrogens (tertiary/aromatic N) is 1. The number of anilines is 2. The highest BCUT2D eigenvalue weighted by atomic mass is 35.5. The molecule has 0 saturated heterocycles. The molecule has 0 aliphatic carbocycles. The first-order valence-electron chi connectivity index (χ1n) is 10.9. The van der Waals surface area contributed by atoms with E-state index in [4.69, 9.17) is 16.3 Å². The second kappa shape index (κ2) is 9.04. The van der Waals surface area contributed by atoms with E-state index in [2.05, 4.69) is 5.32 Å². The zero-order chi connectivity index (χ0) is 23.7. The maximum Gasteiger partial charge on any atom is 0.282 e. The molecule has 5 rings (SSSR count). The van der Waals surface area contributed by atoms with Gasteiger partial charge in [-0.2, -0.15) is 0 Å². The molecule has 34 heavy (non-hydrogen) atoms. The molecule has 0 fully saturated rings. The van der Waals surface area contributed by atoms with Crippen molar-refractivity contribution in [2.45, 2.75) is 6.92 Å². The number of amides is 2. The van der Waals surface area contributed by atoms with E-state index < -0.39 is 11.8 Å². The fourth-order valence-corrected chi connectivity index (χ4v) is 4.22. The third-order valence-corrected chi connectivity index (χ3v) is 5.92. The number of carbonyl (C=O) groups is 2. The van der Waals surface area contributed by atoms with Crippen LogP contribution in [0, 0.1) is 0 Å². The summed E-state index contributed by atoms with van der Waals surface area (Å²) in [5.41, 5.74) is 2.35. The molecule has 2 amide bonds. The van der Waals surface area contributed by atoms with E-state index in [0.717, 1.165) is 16.5 Å². The van der Waals surface area contributed by atoms with Crippen LogP contribution in [0.3, 0.4) is 0 Å². The number of halogens is 1. The second-order valence-corrected chi connectivity index (χ2v) is 8.22. The molecule has 6 heteroatoms. The Morgan fingerprint density at radius 1 is 0.824 bits per heavy atom. The van der Waals surface area contributed by atoms with Crippen LogP contribution >= 0.6 is 11.6 Å². The maximum atomic E-state index is 13.6. The molecule has 1 N–H and O–H groups in total. The van der Waals surface area contributed by atoms with Crippen molar-refractivity contribution < 1.29 is 14.3 Å². The van der Waals surface area contributed by atoms with E-state index >= 15 is 0 Å². The van der Waals surface area contributed by atoms with E-state index in [1.807, 2.05) is 49.4 Å². The van der Waals surface area contributed by atoms with Crippen LogP contribution in [0.25, 0.3) is 16.3 Å². The summed E-state index contributed by atoms with van der Waals surface area (Å²) in [4.78, 5) is 28.4. The minimum Gasteiger partial charge on any atom is -0.494 e. The van der Waals surface area contributed by atoms with E-state index in [-0.39, 0.29) is 5.70 Å². The summed E-state index contributed by atoms with van der Waals surface area (Å²) in [6.45, 7) is 2.45. The van der Waals surface area contributed by atoms with Crippen molar-refractivity contribution in [3.63, 3.8) is 0 Å². The standard InChI is InChI=1S/C28H21ClN2O3/c1-2-34-22-16-10-19(11-17-22)25-26(30-24-9-5-7-18-6-3-4-8-23(18)24)28(33)31(27(25)32)21-14-12-20(29)13-15-21/h3-17,30H,2H2,1H3. The predicted molar refractivity (Wildman–Crippen MR) is 136 cm³/mol. The van der Waals surface area contributed by atoms with Crippen molar-refractivity contribution >= 4 is 51.1 Å². The van der Waals surface area contributed by atoms with Crippen molar-refractivity contribution in [2.75, 3.05) is 16.8 Å². The van der Waals surface area contributed by atoms with Crippen LogP contribution in [-0.4, -0.2) is 18.4 Å². The van der Waals surface area contributed by atoms with Gasteiger partial charge in [0.05, 0.1) is 17.9 Å². The van der Waals surface area contributed by atoms with Crippen molar-refractivity contribution in [3.8, 4) is 5.75 Å². The van der Waals surface area contributed by atoms with Crippen LogP contribution in [-0.2, 0) is 9.59 Å². The topological polar surface area (TPSA) is 58.6 Å². The molecular formula is C28H21ClN2O3. The molecule has 1 aliphatic heterocycles. The molecule has 0 unspecified atom stereocenters. The molecule has 0 aromatic heterocycles. The molecular weight excluding hydrogens is 448 g/mol. The SMILES string of the molecule is CCOc1ccc(C2=C(Nc3cccc4ccccc34)C(=O)N(c3ccc(Cl)cc3)C2=O)cc1. The van der Waals surface area contributed by atoms with Crippen LogP contribution in [0.15, 0.2) is 96.7 Å². The van der Waals surface area contributed by atoms with Crippen molar-refractivity contribution in [3.05, 3.63) is 107 Å². The summed E-state index contributed by atoms with van der Waals surface area (Å²) in [7, 11) is 0. The lowest BCUT2D eigenvalue weighted by Crippen LogP contribution is -2.32. The highest BCUT2D eigenvalue weighted by Gasteiger charge is 2.40. The molecule has 0 bridgehead atoms. The number of fused-ring (bicyclic) bond motifs is 1. The van der Waals surface area contributed by atoms with Gasteiger partial charge in [-0.3, -0.25) is 9.59 Å². The molecule has 4 aromatic rings. The summed E-state index contributed by atoms with van der Waals surface area (Å²) in [6.07, 6.45) is 0. The number of rotatable bonds is 6. The molecule has 1 heterocycles. The Balaban J connectivity index is 1.63. The number of nitrogens with one attached hydrogen (secondary N) is 1. The van der Waals surface area contributed by atoms with Gasteiger partial charge in [0.25, 0.3) is 11.8 Å². The zero-order valence-electron chi connectivity index (χ0n) is 18.4. The largest absolute Gasteiger partial charge is 0.494 e. The number of benzene rings is 4. The number of imide groups is 1. The van der Waals surface area contributed by atoms with Crippen molar-refractivity contribution in [2.24, 2.45) is 0 Å². The molecule has 1 aliphatic rings. The van der Waals surface area contributed by atoms with Crippen LogP contribution in [0.2, 0.25) is 5.02 Å². The molecule has 0 saturated carbocycles. The predicted octanol–water partition coefficient (Wildman–Crippen LogP) is 6.29. The van der Waals surface area contributed by atoms with Gasteiger partial charge < -0.3 is 10.1 Å². The number of hydrogen-bond donors (Lipinski definition) is 1. The van der Waals surface area contributed by atoms with Gasteiger partial charge in [-0.1, -0.05) is 60.1 Å². The van der Waals surface area contributed by atoms with Crippen LogP contribution in [0.4, 0.5) is 11.4 Å². The lowest BCUT2D eigenvalue weighted by Gasteiger charge is -2.16. The quantitative estimate of drug-likeness (QED) is 0.338. The van der Waals surface area contributed by atoms with Gasteiger partial charge in [0, 0.05) is 16.1 Å². The van der Waals surface area contributed by atoms with Crippen LogP contribution < -0.4 is 15.0 Å². The van der Waals surface area contributed by atoms with E-state index in [1.54, 1.807) is 48.5 Å².